The zero-order valence-electron chi connectivity index (χ0n) is 11.4. The number of carboxylic acid groups (broad SMARTS) is 1. The first-order chi connectivity index (χ1) is 9.54. The molecule has 0 heterocycles. The normalized spacial score (nSPS) is 11.5. The molecule has 0 bridgehead atoms. The molecule has 8 heteroatoms. The molecule has 1 aromatic carbocycles. The third-order valence-corrected chi connectivity index (χ3v) is 2.83. The van der Waals surface area contributed by atoms with Crippen LogP contribution in [0.5, 0.6) is 0 Å². The van der Waals surface area contributed by atoms with Gasteiger partial charge in [0.25, 0.3) is 0 Å². The number of carboxylic acids is 1. The number of anilines is 1. The summed E-state index contributed by atoms with van der Waals surface area (Å²) < 4.78 is 38.9. The maximum absolute atomic E-state index is 13.0. The molecule has 0 aliphatic heterocycles. The number of halogens is 3. The van der Waals surface area contributed by atoms with E-state index in [0.29, 0.717) is 0 Å². The van der Waals surface area contributed by atoms with E-state index in [1.165, 1.54) is 11.0 Å². The molecule has 0 fully saturated rings. The predicted molar refractivity (Wildman–Crippen MR) is 70.1 cm³/mol. The summed E-state index contributed by atoms with van der Waals surface area (Å²) in [7, 11) is 0. The van der Waals surface area contributed by atoms with Crippen molar-refractivity contribution in [3.05, 3.63) is 29.3 Å². The van der Waals surface area contributed by atoms with E-state index in [2.05, 4.69) is 0 Å². The van der Waals surface area contributed by atoms with E-state index in [1.54, 1.807) is 13.8 Å². The Morgan fingerprint density at radius 2 is 1.90 bits per heavy atom. The van der Waals surface area contributed by atoms with E-state index in [0.717, 1.165) is 12.1 Å². The van der Waals surface area contributed by atoms with Gasteiger partial charge in [-0.3, -0.25) is 9.59 Å². The van der Waals surface area contributed by atoms with Crippen LogP contribution in [0.25, 0.3) is 0 Å². The first-order valence-corrected chi connectivity index (χ1v) is 6.03. The third kappa shape index (κ3) is 4.11. The molecular formula is C13H15F3N2O3. The molecule has 0 atom stereocenters. The number of hydrogen-bond acceptors (Lipinski definition) is 3. The molecule has 0 aromatic heterocycles. The lowest BCUT2D eigenvalue weighted by atomic mass is 10.0. The fourth-order valence-electron chi connectivity index (χ4n) is 1.88. The molecule has 3 N–H and O–H groups in total. The van der Waals surface area contributed by atoms with Gasteiger partial charge in [-0.15, -0.1) is 0 Å². The lowest BCUT2D eigenvalue weighted by molar-refractivity contribution is -0.138. The van der Waals surface area contributed by atoms with Crippen molar-refractivity contribution in [2.45, 2.75) is 26.1 Å². The number of carbonyl (C=O) groups excluding carboxylic acids is 1. The van der Waals surface area contributed by atoms with Crippen molar-refractivity contribution in [3.8, 4) is 0 Å². The van der Waals surface area contributed by atoms with Crippen LogP contribution in [0.2, 0.25) is 0 Å². The average molecular weight is 304 g/mol. The lowest BCUT2D eigenvalue weighted by Gasteiger charge is -2.28. The van der Waals surface area contributed by atoms with Crippen molar-refractivity contribution < 1.29 is 27.9 Å². The monoisotopic (exact) mass is 304 g/mol. The van der Waals surface area contributed by atoms with Crippen molar-refractivity contribution in [1.82, 2.24) is 0 Å². The quantitative estimate of drug-likeness (QED) is 0.872. The SMILES string of the molecule is CC(C)N(CC(=O)O)c1ccc(C(N)=O)c(C(F)(F)F)c1. The predicted octanol–water partition coefficient (Wildman–Crippen LogP) is 2.10. The lowest BCUT2D eigenvalue weighted by Crippen LogP contribution is -2.36. The number of aliphatic carboxylic acids is 1. The van der Waals surface area contributed by atoms with Crippen LogP contribution in [-0.4, -0.2) is 29.6 Å². The average Bonchev–Trinajstić information content (AvgIpc) is 2.33. The highest BCUT2D eigenvalue weighted by Crippen LogP contribution is 2.34. The number of hydrogen-bond donors (Lipinski definition) is 2. The van der Waals surface area contributed by atoms with Crippen LogP contribution in [0.4, 0.5) is 18.9 Å². The molecule has 21 heavy (non-hydrogen) atoms. The Morgan fingerprint density at radius 3 is 2.29 bits per heavy atom. The third-order valence-electron chi connectivity index (χ3n) is 2.83. The number of nitrogens with zero attached hydrogens (tertiary/aromatic N) is 1. The van der Waals surface area contributed by atoms with Gasteiger partial charge in [-0.2, -0.15) is 13.2 Å². The summed E-state index contributed by atoms with van der Waals surface area (Å²) in [5.41, 5.74) is 3.17. The summed E-state index contributed by atoms with van der Waals surface area (Å²) >= 11 is 0. The van der Waals surface area contributed by atoms with Gasteiger partial charge in [0.15, 0.2) is 0 Å². The highest BCUT2D eigenvalue weighted by molar-refractivity contribution is 5.95. The fraction of sp³-hybridized carbons (Fsp3) is 0.385. The second kappa shape index (κ2) is 6.02. The summed E-state index contributed by atoms with van der Waals surface area (Å²) in [4.78, 5) is 23.2. The second-order valence-electron chi connectivity index (χ2n) is 4.71. The van der Waals surface area contributed by atoms with E-state index in [1.807, 2.05) is 0 Å². The van der Waals surface area contributed by atoms with Gasteiger partial charge in [0.2, 0.25) is 5.91 Å². The van der Waals surface area contributed by atoms with Gasteiger partial charge < -0.3 is 15.7 Å². The van der Waals surface area contributed by atoms with Crippen molar-refractivity contribution in [2.75, 3.05) is 11.4 Å². The van der Waals surface area contributed by atoms with E-state index in [9.17, 15) is 22.8 Å². The van der Waals surface area contributed by atoms with Crippen molar-refractivity contribution in [1.29, 1.82) is 0 Å². The highest BCUT2D eigenvalue weighted by Gasteiger charge is 2.35. The molecule has 0 saturated heterocycles. The maximum atomic E-state index is 13.0. The molecule has 0 spiro atoms. The summed E-state index contributed by atoms with van der Waals surface area (Å²) in [5.74, 6) is -2.36. The molecule has 5 nitrogen and oxygen atoms in total. The fourth-order valence-corrected chi connectivity index (χ4v) is 1.88. The minimum atomic E-state index is -4.76. The smallest absolute Gasteiger partial charge is 0.417 e. The van der Waals surface area contributed by atoms with Crippen LogP contribution in [0.3, 0.4) is 0 Å². The zero-order valence-corrected chi connectivity index (χ0v) is 11.4. The molecule has 0 aliphatic rings. The van der Waals surface area contributed by atoms with E-state index in [-0.39, 0.29) is 11.7 Å². The van der Waals surface area contributed by atoms with Gasteiger partial charge in [-0.1, -0.05) is 0 Å². The van der Waals surface area contributed by atoms with Gasteiger partial charge in [0.1, 0.15) is 6.54 Å². The van der Waals surface area contributed by atoms with E-state index in [4.69, 9.17) is 10.8 Å². The topological polar surface area (TPSA) is 83.6 Å². The standard InChI is InChI=1S/C13H15F3N2O3/c1-7(2)18(6-11(19)20)8-3-4-9(12(17)21)10(5-8)13(14,15)16/h3-5,7H,6H2,1-2H3,(H2,17,21)(H,19,20). The van der Waals surface area contributed by atoms with Crippen molar-refractivity contribution in [2.24, 2.45) is 5.73 Å². The minimum absolute atomic E-state index is 0.0599. The van der Waals surface area contributed by atoms with Crippen molar-refractivity contribution >= 4 is 17.6 Å². The van der Waals surface area contributed by atoms with Crippen LogP contribution in [-0.2, 0) is 11.0 Å². The van der Waals surface area contributed by atoms with Gasteiger partial charge in [-0.25, -0.2) is 0 Å². The van der Waals surface area contributed by atoms with Crippen LogP contribution >= 0.6 is 0 Å². The number of amides is 1. The van der Waals surface area contributed by atoms with E-state index < -0.39 is 35.7 Å². The minimum Gasteiger partial charge on any atom is -0.480 e. The number of nitrogens with two attached hydrogens (primary N) is 1. The number of carbonyl (C=O) groups is 2. The number of primary amides is 1. The second-order valence-corrected chi connectivity index (χ2v) is 4.71. The van der Waals surface area contributed by atoms with Crippen LogP contribution in [0, 0.1) is 0 Å². The number of benzene rings is 1. The Bertz CT molecular complexity index is 556. The summed E-state index contributed by atoms with van der Waals surface area (Å²) in [5, 5.41) is 8.83. The van der Waals surface area contributed by atoms with Gasteiger partial charge in [0.05, 0.1) is 11.1 Å². The van der Waals surface area contributed by atoms with Crippen LogP contribution < -0.4 is 10.6 Å². The van der Waals surface area contributed by atoms with Gasteiger partial charge in [-0.05, 0) is 32.0 Å². The first kappa shape index (κ1) is 16.8. The molecule has 0 unspecified atom stereocenters. The molecule has 0 aliphatic carbocycles. The van der Waals surface area contributed by atoms with Crippen LogP contribution in [0.1, 0.15) is 29.8 Å². The molecule has 0 radical (unpaired) electrons. The Hall–Kier alpha value is -2.25. The Labute approximate surface area is 119 Å². The van der Waals surface area contributed by atoms with Gasteiger partial charge in [0, 0.05) is 11.7 Å². The number of rotatable bonds is 5. The molecule has 1 amide bonds. The van der Waals surface area contributed by atoms with Crippen molar-refractivity contribution in [3.63, 3.8) is 0 Å². The maximum Gasteiger partial charge on any atom is 0.417 e. The molecule has 116 valence electrons. The highest BCUT2D eigenvalue weighted by atomic mass is 19.4. The van der Waals surface area contributed by atoms with Gasteiger partial charge >= 0.3 is 12.1 Å². The zero-order chi connectivity index (χ0) is 16.4. The summed E-state index contributed by atoms with van der Waals surface area (Å²) in [6.07, 6.45) is -4.76. The van der Waals surface area contributed by atoms with Crippen LogP contribution in [0.15, 0.2) is 18.2 Å². The van der Waals surface area contributed by atoms with E-state index >= 15 is 0 Å². The Kier molecular flexibility index (Phi) is 4.82. The number of alkyl halides is 3. The first-order valence-electron chi connectivity index (χ1n) is 6.03. The molecular weight excluding hydrogens is 289 g/mol. The Balaban J connectivity index is 3.38. The summed E-state index contributed by atoms with van der Waals surface area (Å²) in [6.45, 7) is 2.85. The largest absolute Gasteiger partial charge is 0.480 e. The molecule has 1 aromatic rings. The molecule has 0 saturated carbocycles. The Morgan fingerprint density at radius 1 is 1.33 bits per heavy atom. The molecule has 1 rings (SSSR count). The summed E-state index contributed by atoms with van der Waals surface area (Å²) in [6, 6.07) is 2.61.